The molecule has 0 spiro atoms. The van der Waals surface area contributed by atoms with Gasteiger partial charge in [0.1, 0.15) is 0 Å². The molecule has 0 N–H and O–H groups in total. The van der Waals surface area contributed by atoms with Gasteiger partial charge in [0.25, 0.3) is 5.56 Å². The lowest BCUT2D eigenvalue weighted by atomic mass is 9.96. The Balaban J connectivity index is 1.33. The molecule has 0 radical (unpaired) electrons. The van der Waals surface area contributed by atoms with Crippen LogP contribution in [-0.2, 0) is 24.8 Å². The molecule has 1 aliphatic heterocycles. The molecule has 0 aliphatic carbocycles. The Bertz CT molecular complexity index is 1220. The van der Waals surface area contributed by atoms with E-state index in [1.54, 1.807) is 12.3 Å². The molecule has 1 amide bonds. The fourth-order valence-corrected chi connectivity index (χ4v) is 4.98. The topological polar surface area (TPSA) is 76.3 Å². The lowest BCUT2D eigenvalue weighted by molar-refractivity contribution is -0.134. The van der Waals surface area contributed by atoms with E-state index in [-0.39, 0.29) is 17.4 Å². The Morgan fingerprint density at radius 2 is 1.97 bits per heavy atom. The summed E-state index contributed by atoms with van der Waals surface area (Å²) in [4.78, 5) is 29.9. The summed E-state index contributed by atoms with van der Waals surface area (Å²) in [5, 5.41) is 8.89. The van der Waals surface area contributed by atoms with Crippen LogP contribution in [0.4, 0.5) is 5.69 Å². The molecule has 8 heteroatoms. The van der Waals surface area contributed by atoms with E-state index in [9.17, 15) is 9.59 Å². The third-order valence-corrected chi connectivity index (χ3v) is 7.12. The van der Waals surface area contributed by atoms with E-state index in [1.165, 1.54) is 15.9 Å². The lowest BCUT2D eigenvalue weighted by Crippen LogP contribution is -2.44. The summed E-state index contributed by atoms with van der Waals surface area (Å²) in [5.41, 5.74) is 5.25. The first-order valence-electron chi connectivity index (χ1n) is 12.4. The minimum absolute atomic E-state index is 0.0673. The molecule has 3 heterocycles. The number of rotatable bonds is 8. The summed E-state index contributed by atoms with van der Waals surface area (Å²) in [6.45, 7) is 6.76. The van der Waals surface area contributed by atoms with Gasteiger partial charge in [-0.2, -0.15) is 10.2 Å². The fraction of sp³-hybridized carbons (Fsp3) is 0.481. The molecule has 186 valence electrons. The van der Waals surface area contributed by atoms with Crippen molar-refractivity contribution in [3.8, 4) is 0 Å². The van der Waals surface area contributed by atoms with Crippen LogP contribution in [0.15, 0.2) is 47.4 Å². The van der Waals surface area contributed by atoms with Gasteiger partial charge >= 0.3 is 0 Å². The number of anilines is 1. The Labute approximate surface area is 207 Å². The molecule has 1 saturated heterocycles. The summed E-state index contributed by atoms with van der Waals surface area (Å²) >= 11 is 0. The number of carbonyl (C=O) groups is 1. The molecule has 1 fully saturated rings. The second-order valence-corrected chi connectivity index (χ2v) is 9.62. The van der Waals surface area contributed by atoms with Gasteiger partial charge in [-0.25, -0.2) is 4.68 Å². The number of aromatic nitrogens is 4. The van der Waals surface area contributed by atoms with Crippen LogP contribution < -0.4 is 10.5 Å². The second-order valence-electron chi connectivity index (χ2n) is 9.62. The third kappa shape index (κ3) is 5.81. The van der Waals surface area contributed by atoms with Crippen molar-refractivity contribution in [1.82, 2.24) is 24.5 Å². The van der Waals surface area contributed by atoms with Crippen LogP contribution in [0.1, 0.15) is 41.8 Å². The van der Waals surface area contributed by atoms with Gasteiger partial charge in [-0.3, -0.25) is 14.3 Å². The average Bonchev–Trinajstić information content (AvgIpc) is 3.11. The fourth-order valence-electron chi connectivity index (χ4n) is 4.98. The largest absolute Gasteiger partial charge is 0.369 e. The maximum absolute atomic E-state index is 13.2. The highest BCUT2D eigenvalue weighted by Gasteiger charge is 2.28. The van der Waals surface area contributed by atoms with Gasteiger partial charge in [0, 0.05) is 45.5 Å². The molecule has 1 aromatic carbocycles. The highest BCUT2D eigenvalue weighted by Crippen LogP contribution is 2.23. The molecule has 4 rings (SSSR count). The van der Waals surface area contributed by atoms with E-state index in [2.05, 4.69) is 22.0 Å². The van der Waals surface area contributed by atoms with Crippen LogP contribution in [0.5, 0.6) is 0 Å². The number of hydrogen-bond acceptors (Lipinski definition) is 5. The van der Waals surface area contributed by atoms with Gasteiger partial charge in [-0.1, -0.05) is 30.3 Å². The number of benzene rings is 1. The molecule has 3 aromatic rings. The molecular formula is C27H36N6O2. The predicted octanol–water partition coefficient (Wildman–Crippen LogP) is 2.95. The van der Waals surface area contributed by atoms with Crippen molar-refractivity contribution >= 4 is 11.6 Å². The molecule has 0 saturated carbocycles. The zero-order valence-corrected chi connectivity index (χ0v) is 21.3. The van der Waals surface area contributed by atoms with E-state index >= 15 is 0 Å². The number of piperidine rings is 1. The first-order valence-corrected chi connectivity index (χ1v) is 12.4. The van der Waals surface area contributed by atoms with Crippen molar-refractivity contribution in [2.75, 3.05) is 31.6 Å². The zero-order valence-electron chi connectivity index (χ0n) is 21.3. The van der Waals surface area contributed by atoms with Crippen molar-refractivity contribution in [2.45, 2.75) is 46.1 Å². The van der Waals surface area contributed by atoms with E-state index in [4.69, 9.17) is 0 Å². The Hall–Kier alpha value is -3.42. The van der Waals surface area contributed by atoms with Crippen molar-refractivity contribution in [3.05, 3.63) is 75.5 Å². The standard InChI is InChI=1S/C27H36N6O2/c1-20-25(21(2)31(4)29-20)13-9-14-30(3)27(35)23-12-8-15-32(19-23)24-16-26(34)33(28-17-24)18-22-10-6-5-7-11-22/h5-7,10-11,16-17,23H,8-9,12-15,18-19H2,1-4H3. The van der Waals surface area contributed by atoms with Crippen LogP contribution in [0.25, 0.3) is 0 Å². The molecule has 2 aromatic heterocycles. The smallest absolute Gasteiger partial charge is 0.269 e. The maximum Gasteiger partial charge on any atom is 0.269 e. The van der Waals surface area contributed by atoms with Crippen LogP contribution in [0, 0.1) is 19.8 Å². The van der Waals surface area contributed by atoms with Gasteiger partial charge in [-0.05, 0) is 50.7 Å². The summed E-state index contributed by atoms with van der Waals surface area (Å²) in [5.74, 6) is 0.113. The summed E-state index contributed by atoms with van der Waals surface area (Å²) in [7, 11) is 3.87. The van der Waals surface area contributed by atoms with E-state index in [1.807, 2.05) is 60.9 Å². The number of nitrogens with zero attached hydrogens (tertiary/aromatic N) is 6. The number of amides is 1. The minimum atomic E-state index is -0.127. The van der Waals surface area contributed by atoms with Crippen molar-refractivity contribution in [1.29, 1.82) is 0 Å². The van der Waals surface area contributed by atoms with Crippen LogP contribution in [0.3, 0.4) is 0 Å². The number of aryl methyl sites for hydroxylation is 2. The second kappa shape index (κ2) is 10.9. The molecule has 1 unspecified atom stereocenters. The van der Waals surface area contributed by atoms with E-state index < -0.39 is 0 Å². The molecule has 1 atom stereocenters. The van der Waals surface area contributed by atoms with Gasteiger partial charge in [0.15, 0.2) is 0 Å². The molecular weight excluding hydrogens is 440 g/mol. The average molecular weight is 477 g/mol. The summed E-state index contributed by atoms with van der Waals surface area (Å²) in [6, 6.07) is 11.5. The maximum atomic E-state index is 13.2. The molecule has 8 nitrogen and oxygen atoms in total. The first-order chi connectivity index (χ1) is 16.8. The van der Waals surface area contributed by atoms with Gasteiger partial charge in [0.2, 0.25) is 5.91 Å². The van der Waals surface area contributed by atoms with Gasteiger partial charge in [0.05, 0.1) is 30.0 Å². The highest BCUT2D eigenvalue weighted by molar-refractivity contribution is 5.79. The SMILES string of the molecule is Cc1nn(C)c(C)c1CCCN(C)C(=O)C1CCCN(c2cnn(Cc3ccccc3)c(=O)c2)C1. The van der Waals surface area contributed by atoms with E-state index in [0.29, 0.717) is 13.1 Å². The number of hydrogen-bond donors (Lipinski definition) is 0. The minimum Gasteiger partial charge on any atom is -0.369 e. The van der Waals surface area contributed by atoms with Crippen molar-refractivity contribution in [2.24, 2.45) is 13.0 Å². The normalized spacial score (nSPS) is 15.9. The third-order valence-electron chi connectivity index (χ3n) is 7.12. The van der Waals surface area contributed by atoms with Crippen LogP contribution in [-0.4, -0.2) is 57.1 Å². The van der Waals surface area contributed by atoms with Crippen LogP contribution >= 0.6 is 0 Å². The first kappa shape index (κ1) is 24.7. The highest BCUT2D eigenvalue weighted by atomic mass is 16.2. The number of carbonyl (C=O) groups excluding carboxylic acids is 1. The van der Waals surface area contributed by atoms with Crippen molar-refractivity contribution < 1.29 is 4.79 Å². The molecule has 1 aliphatic rings. The zero-order chi connectivity index (χ0) is 24.9. The predicted molar refractivity (Wildman–Crippen MR) is 138 cm³/mol. The summed E-state index contributed by atoms with van der Waals surface area (Å²) in [6.07, 6.45) is 5.38. The Morgan fingerprint density at radius 1 is 1.20 bits per heavy atom. The Kier molecular flexibility index (Phi) is 7.68. The van der Waals surface area contributed by atoms with Gasteiger partial charge < -0.3 is 9.80 Å². The lowest BCUT2D eigenvalue weighted by Gasteiger charge is -2.35. The Morgan fingerprint density at radius 3 is 2.66 bits per heavy atom. The monoisotopic (exact) mass is 476 g/mol. The van der Waals surface area contributed by atoms with Gasteiger partial charge in [-0.15, -0.1) is 0 Å². The van der Waals surface area contributed by atoms with Crippen LogP contribution in [0.2, 0.25) is 0 Å². The van der Waals surface area contributed by atoms with E-state index in [0.717, 1.165) is 55.7 Å². The molecule has 35 heavy (non-hydrogen) atoms. The summed E-state index contributed by atoms with van der Waals surface area (Å²) < 4.78 is 3.40. The quantitative estimate of drug-likeness (QED) is 0.500. The van der Waals surface area contributed by atoms with Crippen molar-refractivity contribution in [3.63, 3.8) is 0 Å². The molecule has 0 bridgehead atoms.